The first-order valence-electron chi connectivity index (χ1n) is 9.14. The zero-order valence-electron chi connectivity index (χ0n) is 15.6. The molecule has 2 heterocycles. The third-order valence-electron chi connectivity index (χ3n) is 5.84. The summed E-state index contributed by atoms with van der Waals surface area (Å²) in [6, 6.07) is 17.2. The number of hydrogen-bond acceptors (Lipinski definition) is 3. The smallest absolute Gasteiger partial charge is 0.399 e. The zero-order valence-corrected chi connectivity index (χ0v) is 15.6. The lowest BCUT2D eigenvalue weighted by Gasteiger charge is -2.32. The lowest BCUT2D eigenvalue weighted by molar-refractivity contribution is 0.00578. The van der Waals surface area contributed by atoms with Gasteiger partial charge >= 0.3 is 7.12 Å². The van der Waals surface area contributed by atoms with Crippen LogP contribution in [0.25, 0.3) is 0 Å². The van der Waals surface area contributed by atoms with E-state index in [1.807, 2.05) is 0 Å². The number of benzene rings is 2. The van der Waals surface area contributed by atoms with Crippen LogP contribution in [-0.4, -0.2) is 24.9 Å². The van der Waals surface area contributed by atoms with E-state index in [-0.39, 0.29) is 18.3 Å². The Balaban J connectivity index is 1.67. The van der Waals surface area contributed by atoms with Gasteiger partial charge in [0.25, 0.3) is 0 Å². The van der Waals surface area contributed by atoms with Gasteiger partial charge in [0.15, 0.2) is 0 Å². The Kier molecular flexibility index (Phi) is 3.93. The zero-order chi connectivity index (χ0) is 17.7. The maximum atomic E-state index is 6.33. The number of rotatable bonds is 3. The van der Waals surface area contributed by atoms with Crippen molar-refractivity contribution in [3.05, 3.63) is 59.7 Å². The van der Waals surface area contributed by atoms with Crippen LogP contribution >= 0.6 is 0 Å². The Labute approximate surface area is 151 Å². The third kappa shape index (κ3) is 2.88. The molecule has 130 valence electrons. The number of fused-ring (bicyclic) bond motifs is 1. The molecule has 0 spiro atoms. The van der Waals surface area contributed by atoms with Gasteiger partial charge in [-0.1, -0.05) is 48.5 Å². The lowest BCUT2D eigenvalue weighted by atomic mass is 9.77. The van der Waals surface area contributed by atoms with Crippen LogP contribution < -0.4 is 10.4 Å². The van der Waals surface area contributed by atoms with Crippen molar-refractivity contribution >= 4 is 18.3 Å². The van der Waals surface area contributed by atoms with Gasteiger partial charge < -0.3 is 14.2 Å². The molecule has 4 heteroatoms. The fourth-order valence-corrected chi connectivity index (χ4v) is 3.69. The molecule has 2 aliphatic rings. The summed E-state index contributed by atoms with van der Waals surface area (Å²) < 4.78 is 12.7. The van der Waals surface area contributed by atoms with Crippen molar-refractivity contribution in [2.45, 2.75) is 51.9 Å². The largest absolute Gasteiger partial charge is 0.496 e. The number of nitrogens with zero attached hydrogens (tertiary/aromatic N) is 1. The molecule has 0 radical (unpaired) electrons. The fraction of sp³-hybridized carbons (Fsp3) is 0.429. The molecule has 25 heavy (non-hydrogen) atoms. The predicted molar refractivity (Wildman–Crippen MR) is 103 cm³/mol. The molecule has 4 rings (SSSR count). The number of hydrogen-bond donors (Lipinski definition) is 0. The van der Waals surface area contributed by atoms with E-state index in [9.17, 15) is 0 Å². The van der Waals surface area contributed by atoms with E-state index in [4.69, 9.17) is 9.31 Å². The highest BCUT2D eigenvalue weighted by molar-refractivity contribution is 6.64. The lowest BCUT2D eigenvalue weighted by Crippen LogP contribution is -2.41. The fourth-order valence-electron chi connectivity index (χ4n) is 3.69. The molecule has 0 aliphatic carbocycles. The van der Waals surface area contributed by atoms with Crippen molar-refractivity contribution in [2.24, 2.45) is 0 Å². The van der Waals surface area contributed by atoms with E-state index in [1.165, 1.54) is 16.8 Å². The Morgan fingerprint density at radius 3 is 2.28 bits per heavy atom. The quantitative estimate of drug-likeness (QED) is 0.801. The van der Waals surface area contributed by atoms with Crippen LogP contribution in [0.3, 0.4) is 0 Å². The number of para-hydroxylation sites is 1. The van der Waals surface area contributed by atoms with Gasteiger partial charge in [0.1, 0.15) is 0 Å². The minimum atomic E-state index is -0.316. The monoisotopic (exact) mass is 335 g/mol. The minimum Gasteiger partial charge on any atom is -0.399 e. The second-order valence-corrected chi connectivity index (χ2v) is 8.10. The van der Waals surface area contributed by atoms with Crippen molar-refractivity contribution in [3.8, 4) is 0 Å². The van der Waals surface area contributed by atoms with Crippen LogP contribution in [0.2, 0.25) is 0 Å². The van der Waals surface area contributed by atoms with Crippen LogP contribution in [0.4, 0.5) is 5.69 Å². The summed E-state index contributed by atoms with van der Waals surface area (Å²) in [5, 5.41) is 0. The summed E-state index contributed by atoms with van der Waals surface area (Å²) in [5.74, 6) is 0. The van der Waals surface area contributed by atoms with Gasteiger partial charge in [-0.15, -0.1) is 0 Å². The summed E-state index contributed by atoms with van der Waals surface area (Å²) in [6.45, 7) is 10.4. The highest BCUT2D eigenvalue weighted by Crippen LogP contribution is 2.38. The SMILES string of the molecule is CC1(C)OB(c2cccc3c2N(Cc2ccccc2)CC3)OC1(C)C. The Hall–Kier alpha value is -1.78. The van der Waals surface area contributed by atoms with Crippen molar-refractivity contribution in [3.63, 3.8) is 0 Å². The summed E-state index contributed by atoms with van der Waals surface area (Å²) in [7, 11) is -0.309. The average molecular weight is 335 g/mol. The molecule has 1 saturated heterocycles. The molecule has 0 amide bonds. The van der Waals surface area contributed by atoms with Crippen LogP contribution in [0, 0.1) is 0 Å². The van der Waals surface area contributed by atoms with Crippen molar-refractivity contribution < 1.29 is 9.31 Å². The van der Waals surface area contributed by atoms with E-state index in [2.05, 4.69) is 81.1 Å². The molecule has 3 nitrogen and oxygen atoms in total. The summed E-state index contributed by atoms with van der Waals surface area (Å²) in [4.78, 5) is 2.46. The van der Waals surface area contributed by atoms with E-state index >= 15 is 0 Å². The Bertz CT molecular complexity index is 757. The highest BCUT2D eigenvalue weighted by atomic mass is 16.7. The first-order chi connectivity index (χ1) is 11.9. The van der Waals surface area contributed by atoms with E-state index in [0.717, 1.165) is 25.0 Å². The molecule has 0 saturated carbocycles. The molecule has 1 fully saturated rings. The maximum Gasteiger partial charge on any atom is 0.496 e. The average Bonchev–Trinajstić information content (AvgIpc) is 3.07. The Morgan fingerprint density at radius 1 is 0.920 bits per heavy atom. The first-order valence-corrected chi connectivity index (χ1v) is 9.14. The molecule has 2 aromatic carbocycles. The van der Waals surface area contributed by atoms with Gasteiger partial charge in [0, 0.05) is 24.2 Å². The van der Waals surface area contributed by atoms with Gasteiger partial charge in [-0.3, -0.25) is 0 Å². The second-order valence-electron chi connectivity index (χ2n) is 8.10. The van der Waals surface area contributed by atoms with Gasteiger partial charge in [0.05, 0.1) is 11.2 Å². The van der Waals surface area contributed by atoms with Gasteiger partial charge in [0.2, 0.25) is 0 Å². The minimum absolute atomic E-state index is 0.309. The topological polar surface area (TPSA) is 21.7 Å². The van der Waals surface area contributed by atoms with Crippen LogP contribution in [0.15, 0.2) is 48.5 Å². The molecule has 0 atom stereocenters. The molecule has 0 aromatic heterocycles. The highest BCUT2D eigenvalue weighted by Gasteiger charge is 2.52. The van der Waals surface area contributed by atoms with Crippen LogP contribution in [-0.2, 0) is 22.3 Å². The van der Waals surface area contributed by atoms with Crippen molar-refractivity contribution in [1.82, 2.24) is 0 Å². The molecule has 0 bridgehead atoms. The van der Waals surface area contributed by atoms with E-state index < -0.39 is 0 Å². The van der Waals surface area contributed by atoms with E-state index in [0.29, 0.717) is 0 Å². The molecule has 2 aromatic rings. The first kappa shape index (κ1) is 16.7. The predicted octanol–water partition coefficient (Wildman–Crippen LogP) is 3.55. The molecule has 2 aliphatic heterocycles. The summed E-state index contributed by atoms with van der Waals surface area (Å²) >= 11 is 0. The van der Waals surface area contributed by atoms with Crippen molar-refractivity contribution in [2.75, 3.05) is 11.4 Å². The van der Waals surface area contributed by atoms with Crippen LogP contribution in [0.5, 0.6) is 0 Å². The molecular weight excluding hydrogens is 309 g/mol. The number of anilines is 1. The van der Waals surface area contributed by atoms with Crippen LogP contribution in [0.1, 0.15) is 38.8 Å². The summed E-state index contributed by atoms with van der Waals surface area (Å²) in [6.07, 6.45) is 1.08. The molecule has 0 unspecified atom stereocenters. The third-order valence-corrected chi connectivity index (χ3v) is 5.84. The second kappa shape index (κ2) is 5.89. The maximum absolute atomic E-state index is 6.33. The van der Waals surface area contributed by atoms with Crippen molar-refractivity contribution in [1.29, 1.82) is 0 Å². The summed E-state index contributed by atoms with van der Waals surface area (Å²) in [5.41, 5.74) is 4.55. The molecular formula is C21H26BNO2. The van der Waals surface area contributed by atoms with E-state index in [1.54, 1.807) is 0 Å². The standard InChI is InChI=1S/C21H26BNO2/c1-20(2)21(3,4)25-22(24-20)18-12-8-11-17-13-14-23(19(17)18)15-16-9-6-5-7-10-16/h5-12H,13-15H2,1-4H3. The van der Waals surface area contributed by atoms with Gasteiger partial charge in [-0.25, -0.2) is 0 Å². The molecule has 0 N–H and O–H groups in total. The Morgan fingerprint density at radius 2 is 1.60 bits per heavy atom. The van der Waals surface area contributed by atoms with Gasteiger partial charge in [-0.2, -0.15) is 0 Å². The van der Waals surface area contributed by atoms with Gasteiger partial charge in [-0.05, 0) is 45.2 Å². The normalized spacial score (nSPS) is 20.8.